The van der Waals surface area contributed by atoms with E-state index in [1.165, 1.54) is 16.8 Å². The fourth-order valence-electron chi connectivity index (χ4n) is 3.74. The van der Waals surface area contributed by atoms with Gasteiger partial charge in [-0.25, -0.2) is 13.4 Å². The number of aromatic nitrogens is 3. The molecule has 152 valence electrons. The summed E-state index contributed by atoms with van der Waals surface area (Å²) in [7, 11) is -0.243. The third-order valence-corrected chi connectivity index (χ3v) is 6.94. The van der Waals surface area contributed by atoms with Crippen LogP contribution in [0.25, 0.3) is 0 Å². The molecule has 1 aromatic carbocycles. The van der Waals surface area contributed by atoms with E-state index in [1.54, 1.807) is 18.7 Å². The van der Waals surface area contributed by atoms with Crippen LogP contribution < -0.4 is 4.74 Å². The predicted molar refractivity (Wildman–Crippen MR) is 109 cm³/mol. The fourth-order valence-corrected chi connectivity index (χ4v) is 5.38. The van der Waals surface area contributed by atoms with Crippen LogP contribution in [0.4, 0.5) is 0 Å². The van der Waals surface area contributed by atoms with E-state index >= 15 is 0 Å². The molecule has 4 rings (SSSR count). The van der Waals surface area contributed by atoms with Crippen molar-refractivity contribution in [1.82, 2.24) is 18.8 Å². The third kappa shape index (κ3) is 4.04. The molecule has 3 aromatic rings. The number of hydrogen-bond acceptors (Lipinski definition) is 5. The van der Waals surface area contributed by atoms with Gasteiger partial charge < -0.3 is 9.30 Å². The Morgan fingerprint density at radius 1 is 1.21 bits per heavy atom. The summed E-state index contributed by atoms with van der Waals surface area (Å²) >= 11 is 0. The first-order chi connectivity index (χ1) is 14.0. The summed E-state index contributed by atoms with van der Waals surface area (Å²) in [6.45, 7) is 0.478. The van der Waals surface area contributed by atoms with Crippen LogP contribution in [0.15, 0.2) is 60.0 Å². The monoisotopic (exact) mass is 412 g/mol. The lowest BCUT2D eigenvalue weighted by Crippen LogP contribution is -2.31. The third-order valence-electron chi connectivity index (χ3n) is 5.15. The van der Waals surface area contributed by atoms with E-state index in [4.69, 9.17) is 9.72 Å². The molecule has 1 saturated heterocycles. The Morgan fingerprint density at radius 3 is 2.79 bits per heavy atom. The summed E-state index contributed by atoms with van der Waals surface area (Å²) in [6, 6.07) is 13.4. The van der Waals surface area contributed by atoms with E-state index in [9.17, 15) is 8.42 Å². The molecule has 1 aliphatic rings. The summed E-state index contributed by atoms with van der Waals surface area (Å²) < 4.78 is 34.6. The van der Waals surface area contributed by atoms with Crippen molar-refractivity contribution >= 4 is 10.0 Å². The first-order valence-corrected chi connectivity index (χ1v) is 11.0. The molecule has 1 fully saturated rings. The van der Waals surface area contributed by atoms with Crippen molar-refractivity contribution < 1.29 is 13.2 Å². The maximum atomic E-state index is 13.1. The van der Waals surface area contributed by atoms with Crippen molar-refractivity contribution in [2.75, 3.05) is 13.7 Å². The van der Waals surface area contributed by atoms with Gasteiger partial charge in [-0.1, -0.05) is 18.2 Å². The van der Waals surface area contributed by atoms with Crippen molar-refractivity contribution in [2.24, 2.45) is 7.05 Å². The van der Waals surface area contributed by atoms with E-state index in [0.717, 1.165) is 35.5 Å². The maximum Gasteiger partial charge on any atom is 0.262 e. The molecule has 0 saturated carbocycles. The molecule has 0 amide bonds. The quantitative estimate of drug-likeness (QED) is 0.622. The van der Waals surface area contributed by atoms with Gasteiger partial charge in [0.15, 0.2) is 5.03 Å². The van der Waals surface area contributed by atoms with Crippen molar-refractivity contribution in [3.63, 3.8) is 0 Å². The molecule has 0 aliphatic carbocycles. The number of pyridine rings is 1. The number of hydrogen-bond donors (Lipinski definition) is 0. The number of rotatable bonds is 6. The molecule has 0 unspecified atom stereocenters. The lowest BCUT2D eigenvalue weighted by Gasteiger charge is -2.23. The number of nitrogens with zero attached hydrogens (tertiary/aromatic N) is 4. The van der Waals surface area contributed by atoms with Gasteiger partial charge in [0.2, 0.25) is 0 Å². The minimum atomic E-state index is -3.65. The van der Waals surface area contributed by atoms with Crippen molar-refractivity contribution in [3.8, 4) is 5.75 Å². The average molecular weight is 413 g/mol. The Kier molecular flexibility index (Phi) is 5.38. The summed E-state index contributed by atoms with van der Waals surface area (Å²) in [5.74, 6) is 0.807. The van der Waals surface area contributed by atoms with Crippen LogP contribution in [-0.4, -0.2) is 40.9 Å². The molecule has 1 aliphatic heterocycles. The first kappa shape index (κ1) is 19.6. The molecule has 7 nitrogen and oxygen atoms in total. The molecule has 2 aromatic heterocycles. The average Bonchev–Trinajstić information content (AvgIpc) is 3.38. The topological polar surface area (TPSA) is 77.3 Å². The number of ether oxygens (including phenoxy) is 1. The van der Waals surface area contributed by atoms with Crippen molar-refractivity contribution in [2.45, 2.75) is 30.3 Å². The van der Waals surface area contributed by atoms with Crippen LogP contribution in [-0.2, 0) is 23.5 Å². The molecular formula is C21H24N4O3S. The standard InChI is InChI=1S/C21H24N4O3S/c1-24-14-21(22-15-24)29(26,27)25-11-5-10-20(25)19-9-4-7-17(23-19)12-16-6-3-8-18(13-16)28-2/h3-4,6-9,13-15,20H,5,10-12H2,1-2H3/t20-/m1/s1. The number of sulfonamides is 1. The summed E-state index contributed by atoms with van der Waals surface area (Å²) in [5, 5.41) is 0.0828. The van der Waals surface area contributed by atoms with E-state index < -0.39 is 10.0 Å². The van der Waals surface area contributed by atoms with Crippen LogP contribution in [0, 0.1) is 0 Å². The lowest BCUT2D eigenvalue weighted by atomic mass is 10.1. The summed E-state index contributed by atoms with van der Waals surface area (Å²) in [6.07, 6.45) is 5.26. The second-order valence-corrected chi connectivity index (χ2v) is 9.07. The van der Waals surface area contributed by atoms with Gasteiger partial charge >= 0.3 is 0 Å². The van der Waals surface area contributed by atoms with E-state index in [0.29, 0.717) is 13.0 Å². The molecule has 0 bridgehead atoms. The van der Waals surface area contributed by atoms with Gasteiger partial charge in [0, 0.05) is 31.9 Å². The number of methoxy groups -OCH3 is 1. The Labute approximate surface area is 171 Å². The summed E-state index contributed by atoms with van der Waals surface area (Å²) in [4.78, 5) is 8.85. The van der Waals surface area contributed by atoms with Gasteiger partial charge in [-0.15, -0.1) is 0 Å². The Morgan fingerprint density at radius 2 is 2.03 bits per heavy atom. The second-order valence-electron chi connectivity index (χ2n) is 7.23. The summed E-state index contributed by atoms with van der Waals surface area (Å²) in [5.41, 5.74) is 2.78. The van der Waals surface area contributed by atoms with E-state index in [-0.39, 0.29) is 11.1 Å². The van der Waals surface area contributed by atoms with Crippen LogP contribution in [0.5, 0.6) is 5.75 Å². The van der Waals surface area contributed by atoms with Crippen molar-refractivity contribution in [3.05, 3.63) is 71.9 Å². The zero-order valence-corrected chi connectivity index (χ0v) is 17.3. The SMILES string of the molecule is COc1cccc(Cc2cccc([C@H]3CCCN3S(=O)(=O)c3cn(C)cn3)n2)c1. The smallest absolute Gasteiger partial charge is 0.262 e. The number of aryl methyl sites for hydroxylation is 1. The molecule has 0 spiro atoms. The largest absolute Gasteiger partial charge is 0.497 e. The van der Waals surface area contributed by atoms with Crippen molar-refractivity contribution in [1.29, 1.82) is 0 Å². The molecule has 0 N–H and O–H groups in total. The zero-order chi connectivity index (χ0) is 20.4. The molecule has 0 radical (unpaired) electrons. The van der Waals surface area contributed by atoms with E-state index in [1.807, 2.05) is 42.5 Å². The molecule has 29 heavy (non-hydrogen) atoms. The minimum Gasteiger partial charge on any atom is -0.497 e. The Balaban J connectivity index is 1.60. The molecule has 1 atom stereocenters. The highest BCUT2D eigenvalue weighted by Gasteiger charge is 2.38. The van der Waals surface area contributed by atoms with Gasteiger partial charge in [-0.05, 0) is 42.7 Å². The Hall–Kier alpha value is -2.71. The highest BCUT2D eigenvalue weighted by molar-refractivity contribution is 7.89. The van der Waals surface area contributed by atoms with Gasteiger partial charge in [-0.2, -0.15) is 4.31 Å². The molecule has 8 heteroatoms. The Bertz CT molecular complexity index is 1110. The normalized spacial score (nSPS) is 17.5. The van der Waals surface area contributed by atoms with Gasteiger partial charge in [-0.3, -0.25) is 4.98 Å². The maximum absolute atomic E-state index is 13.1. The number of benzene rings is 1. The molecular weight excluding hydrogens is 388 g/mol. The van der Waals surface area contributed by atoms with Crippen LogP contribution in [0.2, 0.25) is 0 Å². The second kappa shape index (κ2) is 7.96. The number of imidazole rings is 1. The highest BCUT2D eigenvalue weighted by Crippen LogP contribution is 2.35. The minimum absolute atomic E-state index is 0.0828. The van der Waals surface area contributed by atoms with Crippen LogP contribution in [0.1, 0.15) is 35.8 Å². The lowest BCUT2D eigenvalue weighted by molar-refractivity contribution is 0.388. The van der Waals surface area contributed by atoms with Crippen LogP contribution in [0.3, 0.4) is 0 Å². The predicted octanol–water partition coefficient (Wildman–Crippen LogP) is 2.94. The molecule has 3 heterocycles. The van der Waals surface area contributed by atoms with Gasteiger partial charge in [0.25, 0.3) is 10.0 Å². The fraction of sp³-hybridized carbons (Fsp3) is 0.333. The van der Waals surface area contributed by atoms with Gasteiger partial charge in [0.1, 0.15) is 5.75 Å². The first-order valence-electron chi connectivity index (χ1n) is 9.56. The zero-order valence-electron chi connectivity index (χ0n) is 16.5. The van der Waals surface area contributed by atoms with Crippen LogP contribution >= 0.6 is 0 Å². The highest BCUT2D eigenvalue weighted by atomic mass is 32.2. The van der Waals surface area contributed by atoms with Gasteiger partial charge in [0.05, 0.1) is 25.2 Å². The van der Waals surface area contributed by atoms with E-state index in [2.05, 4.69) is 4.98 Å².